The molecule has 2 aliphatic rings. The number of hydrogen-bond donors (Lipinski definition) is 1. The number of aliphatic hydroxyl groups is 1. The monoisotopic (exact) mass is 238 g/mol. The molecule has 1 aromatic rings. The first-order valence-corrected chi connectivity index (χ1v) is 5.92. The summed E-state index contributed by atoms with van der Waals surface area (Å²) in [5, 5.41) is 9.87. The third-order valence-corrected chi connectivity index (χ3v) is 3.30. The van der Waals surface area contributed by atoms with Crippen LogP contribution in [-0.2, 0) is 4.74 Å². The molecule has 1 aliphatic heterocycles. The van der Waals surface area contributed by atoms with E-state index < -0.39 is 6.10 Å². The molecule has 2 fully saturated rings. The molecule has 0 radical (unpaired) electrons. The predicted octanol–water partition coefficient (Wildman–Crippen LogP) is 0.949. The Kier molecular flexibility index (Phi) is 2.72. The van der Waals surface area contributed by atoms with E-state index in [0.29, 0.717) is 25.1 Å². The largest absolute Gasteiger partial charge is 0.388 e. The number of rotatable bonds is 3. The number of aliphatic hydroxyl groups excluding tert-OH is 1. The molecular weight excluding hydrogens is 223 g/mol. The van der Waals surface area contributed by atoms with E-state index in [-0.39, 0.29) is 11.9 Å². The highest BCUT2D eigenvalue weighted by Gasteiger charge is 2.41. The van der Waals surface area contributed by atoms with Crippen LogP contribution in [0.1, 0.15) is 12.8 Å². The SMILES string of the molecule is OC1COCC1N(c1ncccc1F)C1CC1. The van der Waals surface area contributed by atoms with E-state index in [2.05, 4.69) is 4.98 Å². The van der Waals surface area contributed by atoms with Crippen molar-refractivity contribution in [2.24, 2.45) is 0 Å². The van der Waals surface area contributed by atoms with Crippen LogP contribution in [0.25, 0.3) is 0 Å². The van der Waals surface area contributed by atoms with Gasteiger partial charge in [-0.25, -0.2) is 9.37 Å². The topological polar surface area (TPSA) is 45.6 Å². The van der Waals surface area contributed by atoms with Crippen molar-refractivity contribution in [2.45, 2.75) is 31.0 Å². The maximum atomic E-state index is 13.8. The average Bonchev–Trinajstić information content (AvgIpc) is 3.06. The van der Waals surface area contributed by atoms with Crippen LogP contribution >= 0.6 is 0 Å². The number of pyridine rings is 1. The minimum absolute atomic E-state index is 0.174. The van der Waals surface area contributed by atoms with Gasteiger partial charge in [0.05, 0.1) is 25.4 Å². The summed E-state index contributed by atoms with van der Waals surface area (Å²) in [6.07, 6.45) is 3.08. The van der Waals surface area contributed by atoms with Gasteiger partial charge in [-0.05, 0) is 25.0 Å². The van der Waals surface area contributed by atoms with Crippen molar-refractivity contribution in [3.8, 4) is 0 Å². The molecule has 1 saturated heterocycles. The minimum Gasteiger partial charge on any atom is -0.388 e. The van der Waals surface area contributed by atoms with Gasteiger partial charge in [0.1, 0.15) is 0 Å². The van der Waals surface area contributed by atoms with Crippen LogP contribution in [0.15, 0.2) is 18.3 Å². The van der Waals surface area contributed by atoms with Gasteiger partial charge in [0.15, 0.2) is 11.6 Å². The van der Waals surface area contributed by atoms with Gasteiger partial charge < -0.3 is 14.7 Å². The Labute approximate surface area is 99.0 Å². The van der Waals surface area contributed by atoms with Crippen LogP contribution in [0.5, 0.6) is 0 Å². The standard InChI is InChI=1S/C12H15FN2O2/c13-9-2-1-5-14-12(9)15(8-3-4-8)10-6-17-7-11(10)16/h1-2,5,8,10-11,16H,3-4,6-7H2. The van der Waals surface area contributed by atoms with Gasteiger partial charge in [0, 0.05) is 12.2 Å². The molecule has 0 amide bonds. The van der Waals surface area contributed by atoms with Gasteiger partial charge in [-0.1, -0.05) is 0 Å². The van der Waals surface area contributed by atoms with Gasteiger partial charge >= 0.3 is 0 Å². The lowest BCUT2D eigenvalue weighted by atomic mass is 10.1. The second-order valence-electron chi connectivity index (χ2n) is 4.62. The fourth-order valence-electron chi connectivity index (χ4n) is 2.32. The number of ether oxygens (including phenoxy) is 1. The Bertz CT molecular complexity index is 411. The molecule has 17 heavy (non-hydrogen) atoms. The van der Waals surface area contributed by atoms with E-state index in [1.165, 1.54) is 6.07 Å². The van der Waals surface area contributed by atoms with Crippen LogP contribution in [0, 0.1) is 5.82 Å². The molecule has 0 spiro atoms. The zero-order valence-electron chi connectivity index (χ0n) is 9.42. The van der Waals surface area contributed by atoms with E-state index in [1.54, 1.807) is 12.3 Å². The first-order chi connectivity index (χ1) is 8.27. The number of anilines is 1. The molecule has 1 N–H and O–H groups in total. The molecule has 92 valence electrons. The molecule has 3 rings (SSSR count). The first kappa shape index (κ1) is 10.9. The summed E-state index contributed by atoms with van der Waals surface area (Å²) in [6, 6.07) is 3.10. The fraction of sp³-hybridized carbons (Fsp3) is 0.583. The van der Waals surface area contributed by atoms with Gasteiger partial charge in [0.2, 0.25) is 0 Å². The van der Waals surface area contributed by atoms with Gasteiger partial charge in [-0.3, -0.25) is 0 Å². The predicted molar refractivity (Wildman–Crippen MR) is 60.3 cm³/mol. The van der Waals surface area contributed by atoms with E-state index in [1.807, 2.05) is 4.90 Å². The lowest BCUT2D eigenvalue weighted by Gasteiger charge is -2.31. The molecule has 2 heterocycles. The Morgan fingerprint density at radius 3 is 2.82 bits per heavy atom. The molecular formula is C12H15FN2O2. The lowest BCUT2D eigenvalue weighted by molar-refractivity contribution is 0.124. The van der Waals surface area contributed by atoms with Crippen LogP contribution < -0.4 is 4.90 Å². The second-order valence-corrected chi connectivity index (χ2v) is 4.62. The third-order valence-electron chi connectivity index (χ3n) is 3.30. The van der Waals surface area contributed by atoms with Crippen molar-refractivity contribution in [1.29, 1.82) is 0 Å². The van der Waals surface area contributed by atoms with Crippen LogP contribution in [0.3, 0.4) is 0 Å². The van der Waals surface area contributed by atoms with E-state index in [0.717, 1.165) is 12.8 Å². The highest BCUT2D eigenvalue weighted by atomic mass is 19.1. The molecule has 0 bridgehead atoms. The average molecular weight is 238 g/mol. The first-order valence-electron chi connectivity index (χ1n) is 5.92. The summed E-state index contributed by atoms with van der Waals surface area (Å²) in [5.74, 6) is 0.00282. The normalized spacial score (nSPS) is 28.4. The number of aromatic nitrogens is 1. The van der Waals surface area contributed by atoms with Crippen LogP contribution in [0.2, 0.25) is 0 Å². The van der Waals surface area contributed by atoms with E-state index >= 15 is 0 Å². The smallest absolute Gasteiger partial charge is 0.165 e. The fourth-order valence-corrected chi connectivity index (χ4v) is 2.32. The lowest BCUT2D eigenvalue weighted by Crippen LogP contribution is -2.45. The van der Waals surface area contributed by atoms with Crippen molar-refractivity contribution in [2.75, 3.05) is 18.1 Å². The Hall–Kier alpha value is -1.20. The zero-order valence-corrected chi connectivity index (χ0v) is 9.42. The van der Waals surface area contributed by atoms with E-state index in [4.69, 9.17) is 4.74 Å². The molecule has 0 aromatic carbocycles. The van der Waals surface area contributed by atoms with Crippen molar-refractivity contribution in [3.05, 3.63) is 24.1 Å². The summed E-state index contributed by atoms with van der Waals surface area (Å²) >= 11 is 0. The van der Waals surface area contributed by atoms with Crippen molar-refractivity contribution >= 4 is 5.82 Å². The van der Waals surface area contributed by atoms with Crippen molar-refractivity contribution in [3.63, 3.8) is 0 Å². The molecule has 2 unspecified atom stereocenters. The molecule has 1 aliphatic carbocycles. The summed E-state index contributed by atoms with van der Waals surface area (Å²) in [4.78, 5) is 6.00. The third kappa shape index (κ3) is 2.00. The van der Waals surface area contributed by atoms with Crippen LogP contribution in [0.4, 0.5) is 10.2 Å². The molecule has 5 heteroatoms. The van der Waals surface area contributed by atoms with E-state index in [9.17, 15) is 9.50 Å². The molecule has 1 aromatic heterocycles. The zero-order chi connectivity index (χ0) is 11.8. The van der Waals surface area contributed by atoms with Crippen molar-refractivity contribution in [1.82, 2.24) is 4.98 Å². The second kappa shape index (κ2) is 4.23. The number of halogens is 1. The summed E-state index contributed by atoms with van der Waals surface area (Å²) in [6.45, 7) is 0.760. The van der Waals surface area contributed by atoms with Gasteiger partial charge in [-0.15, -0.1) is 0 Å². The maximum absolute atomic E-state index is 13.8. The number of hydrogen-bond acceptors (Lipinski definition) is 4. The molecule has 1 saturated carbocycles. The minimum atomic E-state index is -0.558. The van der Waals surface area contributed by atoms with Gasteiger partial charge in [0.25, 0.3) is 0 Å². The quantitative estimate of drug-likeness (QED) is 0.851. The number of nitrogens with zero attached hydrogens (tertiary/aromatic N) is 2. The Morgan fingerprint density at radius 2 is 2.24 bits per heavy atom. The summed E-state index contributed by atoms with van der Waals surface area (Å²) < 4.78 is 19.0. The molecule has 4 nitrogen and oxygen atoms in total. The highest BCUT2D eigenvalue weighted by Crippen LogP contribution is 2.35. The van der Waals surface area contributed by atoms with Gasteiger partial charge in [-0.2, -0.15) is 0 Å². The maximum Gasteiger partial charge on any atom is 0.165 e. The van der Waals surface area contributed by atoms with Crippen LogP contribution in [-0.4, -0.2) is 41.5 Å². The highest BCUT2D eigenvalue weighted by molar-refractivity contribution is 5.44. The van der Waals surface area contributed by atoms with Crippen molar-refractivity contribution < 1.29 is 14.2 Å². The Morgan fingerprint density at radius 1 is 1.41 bits per heavy atom. The molecule has 2 atom stereocenters. The Balaban J connectivity index is 1.92. The summed E-state index contributed by atoms with van der Waals surface area (Å²) in [5.41, 5.74) is 0. The summed E-state index contributed by atoms with van der Waals surface area (Å²) in [7, 11) is 0.